The lowest BCUT2D eigenvalue weighted by Gasteiger charge is -2.25. The number of benzene rings is 2. The molecule has 1 saturated heterocycles. The van der Waals surface area contributed by atoms with Crippen LogP contribution < -0.4 is 4.74 Å². The third kappa shape index (κ3) is 3.11. The van der Waals surface area contributed by atoms with E-state index in [2.05, 4.69) is 0 Å². The first-order valence-electron chi connectivity index (χ1n) is 7.88. The maximum Gasteiger partial charge on any atom is 0.335 e. The van der Waals surface area contributed by atoms with Crippen LogP contribution in [-0.4, -0.2) is 35.5 Å². The summed E-state index contributed by atoms with van der Waals surface area (Å²) in [6, 6.07) is 13.9. The minimum atomic E-state index is -1.03. The molecule has 24 heavy (non-hydrogen) atoms. The molecule has 1 N–H and O–H groups in total. The molecule has 0 saturated carbocycles. The molecule has 1 fully saturated rings. The van der Waals surface area contributed by atoms with Crippen LogP contribution in [0.4, 0.5) is 0 Å². The SMILES string of the molecule is COc1ccc(C2CCCN2C(=O)c2cccc(C(=O)O)c2)cc1. The molecule has 1 aliphatic rings. The van der Waals surface area contributed by atoms with Gasteiger partial charge in [-0.3, -0.25) is 4.79 Å². The number of hydrogen-bond acceptors (Lipinski definition) is 3. The van der Waals surface area contributed by atoms with Gasteiger partial charge < -0.3 is 14.7 Å². The van der Waals surface area contributed by atoms with Crippen LogP contribution in [0.5, 0.6) is 5.75 Å². The van der Waals surface area contributed by atoms with Crippen LogP contribution in [0.2, 0.25) is 0 Å². The highest BCUT2D eigenvalue weighted by Crippen LogP contribution is 2.34. The Bertz CT molecular complexity index is 754. The topological polar surface area (TPSA) is 66.8 Å². The zero-order valence-electron chi connectivity index (χ0n) is 13.4. The van der Waals surface area contributed by atoms with Gasteiger partial charge in [0.2, 0.25) is 0 Å². The lowest BCUT2D eigenvalue weighted by atomic mass is 10.0. The van der Waals surface area contributed by atoms with E-state index in [-0.39, 0.29) is 17.5 Å². The number of carbonyl (C=O) groups excluding carboxylic acids is 1. The van der Waals surface area contributed by atoms with Gasteiger partial charge in [0.05, 0.1) is 18.7 Å². The van der Waals surface area contributed by atoms with Gasteiger partial charge >= 0.3 is 5.97 Å². The monoisotopic (exact) mass is 325 g/mol. The number of carboxylic acid groups (broad SMARTS) is 1. The van der Waals surface area contributed by atoms with Gasteiger partial charge in [0.25, 0.3) is 5.91 Å². The summed E-state index contributed by atoms with van der Waals surface area (Å²) in [7, 11) is 1.62. The molecule has 1 heterocycles. The molecule has 2 aromatic rings. The molecule has 0 bridgehead atoms. The van der Waals surface area contributed by atoms with Crippen molar-refractivity contribution in [2.75, 3.05) is 13.7 Å². The van der Waals surface area contributed by atoms with Gasteiger partial charge in [0.1, 0.15) is 5.75 Å². The fourth-order valence-corrected chi connectivity index (χ4v) is 3.13. The van der Waals surface area contributed by atoms with Crippen molar-refractivity contribution in [1.82, 2.24) is 4.90 Å². The third-order valence-corrected chi connectivity index (χ3v) is 4.37. The van der Waals surface area contributed by atoms with Gasteiger partial charge in [0.15, 0.2) is 0 Å². The van der Waals surface area contributed by atoms with Crippen LogP contribution >= 0.6 is 0 Å². The number of methoxy groups -OCH3 is 1. The number of amides is 1. The fourth-order valence-electron chi connectivity index (χ4n) is 3.13. The van der Waals surface area contributed by atoms with Gasteiger partial charge in [-0.05, 0) is 48.7 Å². The van der Waals surface area contributed by atoms with E-state index in [9.17, 15) is 9.59 Å². The van der Waals surface area contributed by atoms with E-state index in [0.717, 1.165) is 24.2 Å². The molecule has 124 valence electrons. The Balaban J connectivity index is 1.85. The van der Waals surface area contributed by atoms with Gasteiger partial charge in [-0.2, -0.15) is 0 Å². The number of nitrogens with zero attached hydrogens (tertiary/aromatic N) is 1. The van der Waals surface area contributed by atoms with E-state index in [0.29, 0.717) is 12.1 Å². The Morgan fingerprint density at radius 1 is 1.12 bits per heavy atom. The first-order valence-corrected chi connectivity index (χ1v) is 7.88. The zero-order chi connectivity index (χ0) is 17.1. The van der Waals surface area contributed by atoms with E-state index < -0.39 is 5.97 Å². The Morgan fingerprint density at radius 2 is 1.83 bits per heavy atom. The average molecular weight is 325 g/mol. The summed E-state index contributed by atoms with van der Waals surface area (Å²) in [5, 5.41) is 9.10. The van der Waals surface area contributed by atoms with Crippen LogP contribution in [0, 0.1) is 0 Å². The van der Waals surface area contributed by atoms with E-state index in [1.807, 2.05) is 29.2 Å². The van der Waals surface area contributed by atoms with Crippen molar-refractivity contribution >= 4 is 11.9 Å². The second-order valence-electron chi connectivity index (χ2n) is 5.82. The molecule has 1 unspecified atom stereocenters. The number of aromatic carboxylic acids is 1. The standard InChI is InChI=1S/C19H19NO4/c1-24-16-9-7-13(8-10-16)17-6-3-11-20(17)18(21)14-4-2-5-15(12-14)19(22)23/h2,4-5,7-10,12,17H,3,6,11H2,1H3,(H,22,23). The minimum Gasteiger partial charge on any atom is -0.497 e. The maximum absolute atomic E-state index is 12.8. The second kappa shape index (κ2) is 6.74. The van der Waals surface area contributed by atoms with Crippen molar-refractivity contribution in [2.24, 2.45) is 0 Å². The highest BCUT2D eigenvalue weighted by atomic mass is 16.5. The van der Waals surface area contributed by atoms with Crippen LogP contribution in [0.25, 0.3) is 0 Å². The molecular formula is C19H19NO4. The van der Waals surface area contributed by atoms with Gasteiger partial charge in [-0.1, -0.05) is 18.2 Å². The summed E-state index contributed by atoms with van der Waals surface area (Å²) in [4.78, 5) is 25.8. The molecule has 2 aromatic carbocycles. The van der Waals surface area contributed by atoms with Crippen molar-refractivity contribution < 1.29 is 19.4 Å². The van der Waals surface area contributed by atoms with Gasteiger partial charge in [0, 0.05) is 12.1 Å². The van der Waals surface area contributed by atoms with Crippen molar-refractivity contribution in [2.45, 2.75) is 18.9 Å². The number of likely N-dealkylation sites (tertiary alicyclic amines) is 1. The number of carbonyl (C=O) groups is 2. The molecule has 1 atom stereocenters. The molecule has 5 heteroatoms. The summed E-state index contributed by atoms with van der Waals surface area (Å²) in [6.45, 7) is 0.673. The Morgan fingerprint density at radius 3 is 2.50 bits per heavy atom. The lowest BCUT2D eigenvalue weighted by Crippen LogP contribution is -2.30. The van der Waals surface area contributed by atoms with E-state index in [4.69, 9.17) is 9.84 Å². The Kier molecular flexibility index (Phi) is 4.51. The number of rotatable bonds is 4. The Hall–Kier alpha value is -2.82. The number of carboxylic acids is 1. The molecule has 0 aromatic heterocycles. The predicted molar refractivity (Wildman–Crippen MR) is 89.4 cm³/mol. The normalized spacial score (nSPS) is 16.9. The van der Waals surface area contributed by atoms with Gasteiger partial charge in [-0.15, -0.1) is 0 Å². The second-order valence-corrected chi connectivity index (χ2v) is 5.82. The van der Waals surface area contributed by atoms with E-state index in [1.54, 1.807) is 19.2 Å². The predicted octanol–water partition coefficient (Wildman–Crippen LogP) is 3.37. The van der Waals surface area contributed by atoms with Gasteiger partial charge in [-0.25, -0.2) is 4.79 Å². The summed E-state index contributed by atoms with van der Waals surface area (Å²) in [5.41, 5.74) is 1.60. The first kappa shape index (κ1) is 16.1. The highest BCUT2D eigenvalue weighted by Gasteiger charge is 2.30. The molecule has 3 rings (SSSR count). The maximum atomic E-state index is 12.8. The van der Waals surface area contributed by atoms with Crippen molar-refractivity contribution in [3.8, 4) is 5.75 Å². The van der Waals surface area contributed by atoms with Crippen LogP contribution in [0.3, 0.4) is 0 Å². The molecule has 1 amide bonds. The quantitative estimate of drug-likeness (QED) is 0.936. The van der Waals surface area contributed by atoms with E-state index >= 15 is 0 Å². The smallest absolute Gasteiger partial charge is 0.335 e. The van der Waals surface area contributed by atoms with Crippen LogP contribution in [0.15, 0.2) is 48.5 Å². The van der Waals surface area contributed by atoms with Crippen molar-refractivity contribution in [1.29, 1.82) is 0 Å². The molecule has 0 spiro atoms. The summed E-state index contributed by atoms with van der Waals surface area (Å²) >= 11 is 0. The highest BCUT2D eigenvalue weighted by molar-refractivity contribution is 5.97. The largest absolute Gasteiger partial charge is 0.497 e. The molecule has 1 aliphatic heterocycles. The Labute approximate surface area is 140 Å². The minimum absolute atomic E-state index is 0.0110. The number of ether oxygens (including phenoxy) is 1. The summed E-state index contributed by atoms with van der Waals surface area (Å²) < 4.78 is 5.17. The third-order valence-electron chi connectivity index (χ3n) is 4.37. The lowest BCUT2D eigenvalue weighted by molar-refractivity contribution is 0.0697. The molecule has 0 radical (unpaired) electrons. The average Bonchev–Trinajstić information content (AvgIpc) is 3.11. The molecular weight excluding hydrogens is 306 g/mol. The molecule has 5 nitrogen and oxygen atoms in total. The van der Waals surface area contributed by atoms with E-state index in [1.165, 1.54) is 12.1 Å². The molecule has 0 aliphatic carbocycles. The zero-order valence-corrected chi connectivity index (χ0v) is 13.4. The summed E-state index contributed by atoms with van der Waals surface area (Å²) in [6.07, 6.45) is 1.83. The van der Waals surface area contributed by atoms with Crippen molar-refractivity contribution in [3.63, 3.8) is 0 Å². The van der Waals surface area contributed by atoms with Crippen LogP contribution in [-0.2, 0) is 0 Å². The fraction of sp³-hybridized carbons (Fsp3) is 0.263. The van der Waals surface area contributed by atoms with Crippen LogP contribution in [0.1, 0.15) is 45.2 Å². The number of hydrogen-bond donors (Lipinski definition) is 1. The first-order chi connectivity index (χ1) is 11.6. The van der Waals surface area contributed by atoms with Crippen molar-refractivity contribution in [3.05, 3.63) is 65.2 Å². The summed E-state index contributed by atoms with van der Waals surface area (Å²) in [5.74, 6) is -0.377.